The molecule has 1 unspecified atom stereocenters. The Labute approximate surface area is 236 Å². The molecule has 2 aromatic heterocycles. The Morgan fingerprint density at radius 1 is 1.00 bits per heavy atom. The first kappa shape index (κ1) is 27.0. The van der Waals surface area contributed by atoms with Crippen molar-refractivity contribution in [2.45, 2.75) is 83.5 Å². The molecule has 9 nitrogen and oxygen atoms in total. The monoisotopic (exact) mass is 546 g/mol. The number of rotatable bonds is 3. The second-order valence-corrected chi connectivity index (χ2v) is 12.7. The Bertz CT molecular complexity index is 1370. The van der Waals surface area contributed by atoms with Crippen LogP contribution in [0.2, 0.25) is 0 Å². The van der Waals surface area contributed by atoms with Gasteiger partial charge >= 0.3 is 6.09 Å². The SMILES string of the molecule is CC1c2c([nH]c3nnc(-c4ccccc4O)cc23)CCN1C1CCN(C2CCN(C(=O)OC(C)(C)C)CC2)CC1. The van der Waals surface area contributed by atoms with Crippen molar-refractivity contribution in [1.82, 2.24) is 29.9 Å². The number of nitrogens with zero attached hydrogens (tertiary/aromatic N) is 5. The van der Waals surface area contributed by atoms with E-state index < -0.39 is 5.60 Å². The molecule has 0 saturated carbocycles. The molecule has 3 aromatic rings. The van der Waals surface area contributed by atoms with Gasteiger partial charge in [-0.1, -0.05) is 12.1 Å². The zero-order chi connectivity index (χ0) is 28.0. The molecule has 1 amide bonds. The third-order valence-corrected chi connectivity index (χ3v) is 8.99. The van der Waals surface area contributed by atoms with Gasteiger partial charge in [-0.2, -0.15) is 0 Å². The third kappa shape index (κ3) is 5.29. The molecule has 5 heterocycles. The Morgan fingerprint density at radius 2 is 1.70 bits per heavy atom. The summed E-state index contributed by atoms with van der Waals surface area (Å²) in [5.74, 6) is 0.220. The number of hydrogen-bond acceptors (Lipinski definition) is 7. The number of phenolic OH excluding ortho intramolecular Hbond substituents is 1. The number of piperidine rings is 2. The van der Waals surface area contributed by atoms with E-state index in [0.717, 1.165) is 75.9 Å². The van der Waals surface area contributed by atoms with E-state index in [4.69, 9.17) is 4.74 Å². The third-order valence-electron chi connectivity index (χ3n) is 8.99. The zero-order valence-electron chi connectivity index (χ0n) is 24.2. The van der Waals surface area contributed by atoms with Gasteiger partial charge in [0.25, 0.3) is 0 Å². The number of carbonyl (C=O) groups is 1. The van der Waals surface area contributed by atoms with Crippen molar-refractivity contribution in [2.24, 2.45) is 0 Å². The van der Waals surface area contributed by atoms with Crippen LogP contribution < -0.4 is 0 Å². The van der Waals surface area contributed by atoms with Gasteiger partial charge in [0.05, 0.1) is 5.69 Å². The maximum atomic E-state index is 12.5. The lowest BCUT2D eigenvalue weighted by Gasteiger charge is -2.46. The van der Waals surface area contributed by atoms with E-state index >= 15 is 0 Å². The number of nitrogens with one attached hydrogen (secondary N) is 1. The number of aromatic amines is 1. The van der Waals surface area contributed by atoms with Crippen molar-refractivity contribution >= 4 is 17.1 Å². The van der Waals surface area contributed by atoms with E-state index in [2.05, 4.69) is 38.0 Å². The highest BCUT2D eigenvalue weighted by molar-refractivity contribution is 5.86. The predicted octanol–water partition coefficient (Wildman–Crippen LogP) is 5.11. The molecule has 40 heavy (non-hydrogen) atoms. The summed E-state index contributed by atoms with van der Waals surface area (Å²) in [4.78, 5) is 23.2. The van der Waals surface area contributed by atoms with Gasteiger partial charge in [-0.25, -0.2) is 4.79 Å². The van der Waals surface area contributed by atoms with Crippen LogP contribution in [0, 0.1) is 0 Å². The summed E-state index contributed by atoms with van der Waals surface area (Å²) in [6.45, 7) is 12.9. The lowest BCUT2D eigenvalue weighted by atomic mass is 9.91. The fourth-order valence-electron chi connectivity index (χ4n) is 6.98. The van der Waals surface area contributed by atoms with Gasteiger partial charge in [-0.15, -0.1) is 10.2 Å². The molecular formula is C31H42N6O3. The predicted molar refractivity (Wildman–Crippen MR) is 155 cm³/mol. The Morgan fingerprint density at radius 3 is 2.40 bits per heavy atom. The standard InChI is InChI=1S/C31H42N6O3/c1-20-28-24-19-26(23-7-5-6-8-27(23)38)33-34-29(24)32-25(28)13-18-37(20)22-11-14-35(15-12-22)21-9-16-36(17-10-21)30(39)40-31(2,3)4/h5-8,19-22,38H,9-18H2,1-4H3,(H,32,34). The number of fused-ring (bicyclic) bond motifs is 3. The number of likely N-dealkylation sites (tertiary alicyclic amines) is 2. The minimum atomic E-state index is -0.449. The fraction of sp³-hybridized carbons (Fsp3) is 0.581. The zero-order valence-corrected chi connectivity index (χ0v) is 24.2. The average molecular weight is 547 g/mol. The van der Waals surface area contributed by atoms with Crippen molar-refractivity contribution < 1.29 is 14.6 Å². The van der Waals surface area contributed by atoms with Gasteiger partial charge < -0.3 is 24.6 Å². The molecule has 0 aliphatic carbocycles. The first-order valence-corrected chi connectivity index (χ1v) is 14.8. The summed E-state index contributed by atoms with van der Waals surface area (Å²) >= 11 is 0. The number of phenols is 1. The topological polar surface area (TPSA) is 97.8 Å². The molecule has 6 rings (SSSR count). The van der Waals surface area contributed by atoms with Gasteiger partial charge in [0.1, 0.15) is 11.4 Å². The molecule has 0 bridgehead atoms. The number of amides is 1. The van der Waals surface area contributed by atoms with Crippen LogP contribution in [0.1, 0.15) is 70.7 Å². The summed E-state index contributed by atoms with van der Waals surface area (Å²) in [7, 11) is 0. The summed E-state index contributed by atoms with van der Waals surface area (Å²) in [6.07, 6.45) is 5.16. The minimum Gasteiger partial charge on any atom is -0.507 e. The molecular weight excluding hydrogens is 504 g/mol. The van der Waals surface area contributed by atoms with Crippen molar-refractivity contribution in [3.05, 3.63) is 41.6 Å². The van der Waals surface area contributed by atoms with Crippen molar-refractivity contribution in [2.75, 3.05) is 32.7 Å². The van der Waals surface area contributed by atoms with Crippen LogP contribution in [0.4, 0.5) is 4.79 Å². The highest BCUT2D eigenvalue weighted by atomic mass is 16.6. The smallest absolute Gasteiger partial charge is 0.410 e. The summed E-state index contributed by atoms with van der Waals surface area (Å²) < 4.78 is 5.58. The van der Waals surface area contributed by atoms with Crippen LogP contribution >= 0.6 is 0 Å². The number of benzene rings is 1. The highest BCUT2D eigenvalue weighted by Gasteiger charge is 2.36. The summed E-state index contributed by atoms with van der Waals surface area (Å²) in [5, 5.41) is 20.4. The molecule has 0 spiro atoms. The quantitative estimate of drug-likeness (QED) is 0.471. The molecule has 3 aliphatic heterocycles. The number of carbonyl (C=O) groups excluding carboxylic acids is 1. The van der Waals surface area contributed by atoms with Gasteiger partial charge in [-0.05, 0) is 90.2 Å². The largest absolute Gasteiger partial charge is 0.507 e. The number of aromatic nitrogens is 3. The Hall–Kier alpha value is -3.17. The number of H-pyrrole nitrogens is 1. The van der Waals surface area contributed by atoms with Crippen molar-refractivity contribution in [3.63, 3.8) is 0 Å². The van der Waals surface area contributed by atoms with Crippen LogP contribution in [0.5, 0.6) is 5.75 Å². The Kier molecular flexibility index (Phi) is 7.21. The lowest BCUT2D eigenvalue weighted by Crippen LogP contribution is -2.53. The molecule has 0 radical (unpaired) electrons. The maximum Gasteiger partial charge on any atom is 0.410 e. The number of para-hydroxylation sites is 1. The molecule has 214 valence electrons. The minimum absolute atomic E-state index is 0.181. The first-order valence-electron chi connectivity index (χ1n) is 14.8. The van der Waals surface area contributed by atoms with Crippen LogP contribution in [-0.2, 0) is 11.2 Å². The van der Waals surface area contributed by atoms with E-state index in [1.54, 1.807) is 6.07 Å². The molecule has 9 heteroatoms. The van der Waals surface area contributed by atoms with E-state index in [1.807, 2.05) is 43.9 Å². The van der Waals surface area contributed by atoms with Gasteiger partial charge in [0.15, 0.2) is 5.65 Å². The summed E-state index contributed by atoms with van der Waals surface area (Å²) in [5.41, 5.74) is 4.36. The van der Waals surface area contributed by atoms with Crippen LogP contribution in [0.3, 0.4) is 0 Å². The second-order valence-electron chi connectivity index (χ2n) is 12.7. The number of ether oxygens (including phenoxy) is 1. The number of aromatic hydroxyl groups is 1. The molecule has 1 aromatic carbocycles. The molecule has 1 atom stereocenters. The van der Waals surface area contributed by atoms with Crippen LogP contribution in [-0.4, -0.2) is 91.5 Å². The first-order chi connectivity index (χ1) is 19.2. The van der Waals surface area contributed by atoms with E-state index in [-0.39, 0.29) is 17.9 Å². The molecule has 2 N–H and O–H groups in total. The van der Waals surface area contributed by atoms with E-state index in [1.165, 1.54) is 11.3 Å². The van der Waals surface area contributed by atoms with Gasteiger partial charge in [0.2, 0.25) is 0 Å². The second kappa shape index (κ2) is 10.7. The Balaban J connectivity index is 1.10. The van der Waals surface area contributed by atoms with E-state index in [9.17, 15) is 9.90 Å². The van der Waals surface area contributed by atoms with Crippen LogP contribution in [0.25, 0.3) is 22.3 Å². The fourth-order valence-corrected chi connectivity index (χ4v) is 6.98. The summed E-state index contributed by atoms with van der Waals surface area (Å²) in [6, 6.07) is 10.8. The molecule has 3 aliphatic rings. The van der Waals surface area contributed by atoms with Crippen LogP contribution in [0.15, 0.2) is 30.3 Å². The molecule has 2 saturated heterocycles. The van der Waals surface area contributed by atoms with Gasteiger partial charge in [0, 0.05) is 60.8 Å². The molecule has 2 fully saturated rings. The average Bonchev–Trinajstić information content (AvgIpc) is 3.31. The lowest BCUT2D eigenvalue weighted by molar-refractivity contribution is 0.00791. The number of hydrogen-bond donors (Lipinski definition) is 2. The van der Waals surface area contributed by atoms with Crippen molar-refractivity contribution in [1.29, 1.82) is 0 Å². The normalized spacial score (nSPS) is 22.0. The maximum absolute atomic E-state index is 12.5. The van der Waals surface area contributed by atoms with Crippen molar-refractivity contribution in [3.8, 4) is 17.0 Å². The van der Waals surface area contributed by atoms with Gasteiger partial charge in [-0.3, -0.25) is 4.90 Å². The highest BCUT2D eigenvalue weighted by Crippen LogP contribution is 2.39. The van der Waals surface area contributed by atoms with E-state index in [0.29, 0.717) is 23.3 Å².